The number of carbonyl (C=O) groups is 2. The van der Waals surface area contributed by atoms with E-state index in [-0.39, 0.29) is 24.1 Å². The molecule has 0 aromatic carbocycles. The van der Waals surface area contributed by atoms with E-state index in [4.69, 9.17) is 34.2 Å². The van der Waals surface area contributed by atoms with E-state index in [2.05, 4.69) is 32.6 Å². The molecular formula is C49H98N2O8. The van der Waals surface area contributed by atoms with Crippen molar-refractivity contribution < 1.29 is 38.0 Å². The molecule has 0 amide bonds. The van der Waals surface area contributed by atoms with E-state index in [0.29, 0.717) is 65.7 Å². The Morgan fingerprint density at radius 2 is 0.678 bits per heavy atom. The minimum Gasteiger partial charge on any atom is -0.457 e. The Bertz CT molecular complexity index is 770. The molecule has 0 aliphatic heterocycles. The van der Waals surface area contributed by atoms with Crippen LogP contribution < -0.4 is 5.73 Å². The van der Waals surface area contributed by atoms with Gasteiger partial charge >= 0.3 is 11.9 Å². The van der Waals surface area contributed by atoms with E-state index in [1.807, 2.05) is 0 Å². The smallest absolute Gasteiger partial charge is 0.306 e. The van der Waals surface area contributed by atoms with Crippen molar-refractivity contribution in [2.45, 2.75) is 226 Å². The quantitative estimate of drug-likeness (QED) is 0.0468. The summed E-state index contributed by atoms with van der Waals surface area (Å²) in [6.45, 7) is 17.3. The van der Waals surface area contributed by atoms with E-state index < -0.39 is 0 Å². The van der Waals surface area contributed by atoms with E-state index in [0.717, 1.165) is 96.8 Å². The van der Waals surface area contributed by atoms with Gasteiger partial charge in [0.25, 0.3) is 0 Å². The molecule has 0 spiro atoms. The molecule has 0 atom stereocenters. The average Bonchev–Trinajstić information content (AvgIpc) is 3.23. The van der Waals surface area contributed by atoms with Crippen molar-refractivity contribution in [1.29, 1.82) is 0 Å². The highest BCUT2D eigenvalue weighted by atomic mass is 16.6. The van der Waals surface area contributed by atoms with Crippen LogP contribution in [0.4, 0.5) is 0 Å². The summed E-state index contributed by atoms with van der Waals surface area (Å²) in [6.07, 6.45) is 30.6. The predicted octanol–water partition coefficient (Wildman–Crippen LogP) is 11.5. The summed E-state index contributed by atoms with van der Waals surface area (Å²) in [4.78, 5) is 27.9. The van der Waals surface area contributed by atoms with Crippen molar-refractivity contribution in [2.24, 2.45) is 5.73 Å². The van der Waals surface area contributed by atoms with Gasteiger partial charge in [0, 0.05) is 39.3 Å². The first-order valence-corrected chi connectivity index (χ1v) is 25.1. The number of unbranched alkanes of at least 4 members (excludes halogenated alkanes) is 20. The molecule has 0 fully saturated rings. The fourth-order valence-corrected chi connectivity index (χ4v) is 7.03. The molecule has 10 heteroatoms. The fourth-order valence-electron chi connectivity index (χ4n) is 7.03. The lowest BCUT2D eigenvalue weighted by Gasteiger charge is -2.22. The van der Waals surface area contributed by atoms with Crippen LogP contribution in [-0.4, -0.2) is 108 Å². The molecule has 0 saturated heterocycles. The maximum Gasteiger partial charge on any atom is 0.306 e. The molecule has 0 aliphatic rings. The summed E-state index contributed by atoms with van der Waals surface area (Å²) in [7, 11) is 0. The summed E-state index contributed by atoms with van der Waals surface area (Å²) < 4.78 is 35.1. The number of hydrogen-bond acceptors (Lipinski definition) is 10. The van der Waals surface area contributed by atoms with Gasteiger partial charge in [-0.15, -0.1) is 0 Å². The van der Waals surface area contributed by atoms with Crippen LogP contribution in [-0.2, 0) is 38.0 Å². The number of hydrogen-bond donors (Lipinski definition) is 1. The highest BCUT2D eigenvalue weighted by Gasteiger charge is 2.17. The van der Waals surface area contributed by atoms with Gasteiger partial charge in [0.15, 0.2) is 0 Å². The number of rotatable bonds is 49. The second-order valence-electron chi connectivity index (χ2n) is 16.8. The van der Waals surface area contributed by atoms with Crippen LogP contribution in [0, 0.1) is 0 Å². The molecule has 0 saturated carbocycles. The first-order chi connectivity index (χ1) is 29.0. The van der Waals surface area contributed by atoms with Crippen LogP contribution in [0.3, 0.4) is 0 Å². The van der Waals surface area contributed by atoms with E-state index in [9.17, 15) is 9.59 Å². The molecule has 0 unspecified atom stereocenters. The lowest BCUT2D eigenvalue weighted by atomic mass is 10.1. The van der Waals surface area contributed by atoms with Crippen molar-refractivity contribution in [3.63, 3.8) is 0 Å². The third-order valence-corrected chi connectivity index (χ3v) is 10.8. The number of ether oxygens (including phenoxy) is 6. The third-order valence-electron chi connectivity index (χ3n) is 10.8. The lowest BCUT2D eigenvalue weighted by Crippen LogP contribution is -2.29. The molecule has 0 aliphatic carbocycles. The summed E-state index contributed by atoms with van der Waals surface area (Å²) in [6, 6.07) is 0. The van der Waals surface area contributed by atoms with Crippen LogP contribution in [0.25, 0.3) is 0 Å². The van der Waals surface area contributed by atoms with Crippen LogP contribution in [0.5, 0.6) is 0 Å². The Balaban J connectivity index is 4.29. The average molecular weight is 843 g/mol. The summed E-state index contributed by atoms with van der Waals surface area (Å²) in [5.41, 5.74) is 5.86. The number of esters is 2. The molecule has 0 bridgehead atoms. The normalized spacial score (nSPS) is 11.7. The van der Waals surface area contributed by atoms with Gasteiger partial charge in [-0.05, 0) is 84.0 Å². The third kappa shape index (κ3) is 43.2. The van der Waals surface area contributed by atoms with Gasteiger partial charge in [-0.2, -0.15) is 0 Å². The Kier molecular flexibility index (Phi) is 46.7. The summed E-state index contributed by atoms with van der Waals surface area (Å²) >= 11 is 0. The standard InChI is InChI=1S/C49H98N2O8/c1-5-9-13-27-38-54-42-46(43-55-39-28-14-10-6-2)58-48(52)32-23-19-17-21-25-35-51(37-31-34-50)36-26-22-18-20-24-33-49(53)59-47(44-56-40-29-15-11-7-3)45-57-41-30-16-12-8-4/h46-47H,5-45,50H2,1-4H3. The fraction of sp³-hybridized carbons (Fsp3) is 0.959. The molecule has 2 N–H and O–H groups in total. The molecule has 0 aromatic rings. The molecule has 59 heavy (non-hydrogen) atoms. The van der Waals surface area contributed by atoms with E-state index >= 15 is 0 Å². The first kappa shape index (κ1) is 57.7. The van der Waals surface area contributed by atoms with Crippen molar-refractivity contribution in [2.75, 3.05) is 79.0 Å². The molecule has 10 nitrogen and oxygen atoms in total. The Morgan fingerprint density at radius 1 is 0.390 bits per heavy atom. The van der Waals surface area contributed by atoms with Gasteiger partial charge in [0.1, 0.15) is 12.2 Å². The zero-order valence-corrected chi connectivity index (χ0v) is 39.4. The highest BCUT2D eigenvalue weighted by Crippen LogP contribution is 2.13. The summed E-state index contributed by atoms with van der Waals surface area (Å²) in [5.74, 6) is -0.271. The van der Waals surface area contributed by atoms with Gasteiger partial charge in [-0.3, -0.25) is 9.59 Å². The van der Waals surface area contributed by atoms with Gasteiger partial charge in [0.05, 0.1) is 26.4 Å². The van der Waals surface area contributed by atoms with E-state index in [1.54, 1.807) is 0 Å². The van der Waals surface area contributed by atoms with Gasteiger partial charge in [-0.25, -0.2) is 0 Å². The first-order valence-electron chi connectivity index (χ1n) is 25.1. The van der Waals surface area contributed by atoms with Crippen molar-refractivity contribution >= 4 is 11.9 Å². The Morgan fingerprint density at radius 3 is 1.00 bits per heavy atom. The van der Waals surface area contributed by atoms with E-state index in [1.165, 1.54) is 103 Å². The lowest BCUT2D eigenvalue weighted by molar-refractivity contribution is -0.157. The van der Waals surface area contributed by atoms with Crippen molar-refractivity contribution in [3.8, 4) is 0 Å². The van der Waals surface area contributed by atoms with Crippen LogP contribution in [0.15, 0.2) is 0 Å². The number of carbonyl (C=O) groups excluding carboxylic acids is 2. The van der Waals surface area contributed by atoms with Crippen molar-refractivity contribution in [3.05, 3.63) is 0 Å². The maximum absolute atomic E-state index is 12.7. The summed E-state index contributed by atoms with van der Waals surface area (Å²) in [5, 5.41) is 0. The van der Waals surface area contributed by atoms with Gasteiger partial charge in [-0.1, -0.05) is 143 Å². The monoisotopic (exact) mass is 843 g/mol. The van der Waals surface area contributed by atoms with Crippen LogP contribution >= 0.6 is 0 Å². The molecule has 352 valence electrons. The van der Waals surface area contributed by atoms with Gasteiger partial charge in [0.2, 0.25) is 0 Å². The molecule has 0 heterocycles. The second kappa shape index (κ2) is 47.7. The molecule has 0 aromatic heterocycles. The topological polar surface area (TPSA) is 119 Å². The number of nitrogens with zero attached hydrogens (tertiary/aromatic N) is 1. The minimum absolute atomic E-state index is 0.136. The zero-order chi connectivity index (χ0) is 43.1. The highest BCUT2D eigenvalue weighted by molar-refractivity contribution is 5.69. The van der Waals surface area contributed by atoms with Crippen LogP contribution in [0.2, 0.25) is 0 Å². The maximum atomic E-state index is 12.7. The number of nitrogens with two attached hydrogens (primary N) is 1. The Hall–Kier alpha value is -1.30. The zero-order valence-electron chi connectivity index (χ0n) is 39.4. The Labute approximate surface area is 364 Å². The van der Waals surface area contributed by atoms with Gasteiger partial charge < -0.3 is 39.1 Å². The molecule has 0 radical (unpaired) electrons. The largest absolute Gasteiger partial charge is 0.457 e. The molecule has 0 rings (SSSR count). The minimum atomic E-state index is -0.327. The van der Waals surface area contributed by atoms with Crippen LogP contribution in [0.1, 0.15) is 214 Å². The predicted molar refractivity (Wildman–Crippen MR) is 245 cm³/mol. The molecular weight excluding hydrogens is 745 g/mol. The van der Waals surface area contributed by atoms with Crippen molar-refractivity contribution in [1.82, 2.24) is 4.90 Å². The second-order valence-corrected chi connectivity index (χ2v) is 16.8. The SMILES string of the molecule is CCCCCCOCC(COCCCCCC)OC(=O)CCCCCCCN(CCCN)CCCCCCCC(=O)OC(COCCCCCC)COCCCCCC.